The first-order chi connectivity index (χ1) is 12.5. The molecule has 0 aliphatic heterocycles. The summed E-state index contributed by atoms with van der Waals surface area (Å²) in [6.07, 6.45) is 0. The van der Waals surface area contributed by atoms with Crippen LogP contribution in [0.25, 0.3) is 0 Å². The summed E-state index contributed by atoms with van der Waals surface area (Å²) >= 11 is 0. The molecule has 0 fully saturated rings. The highest BCUT2D eigenvalue weighted by molar-refractivity contribution is 5.95. The molecule has 0 saturated heterocycles. The zero-order chi connectivity index (χ0) is 18.9. The number of rotatable bonds is 8. The zero-order valence-corrected chi connectivity index (χ0v) is 15.3. The highest BCUT2D eigenvalue weighted by atomic mass is 16.5. The van der Waals surface area contributed by atoms with E-state index in [1.165, 1.54) is 0 Å². The van der Waals surface area contributed by atoms with Crippen LogP contribution in [0.4, 0.5) is 11.4 Å². The topological polar surface area (TPSA) is 79.5 Å². The highest BCUT2D eigenvalue weighted by Crippen LogP contribution is 2.16. The summed E-state index contributed by atoms with van der Waals surface area (Å²) in [5.41, 5.74) is 2.05. The second-order valence-electron chi connectivity index (χ2n) is 6.29. The highest BCUT2D eigenvalue weighted by Gasteiger charge is 2.05. The van der Waals surface area contributed by atoms with Crippen LogP contribution < -0.4 is 20.7 Å². The van der Waals surface area contributed by atoms with Gasteiger partial charge in [0.05, 0.1) is 13.2 Å². The van der Waals surface area contributed by atoms with Gasteiger partial charge in [-0.3, -0.25) is 9.59 Å². The number of amides is 2. The molecule has 0 aliphatic carbocycles. The third-order valence-corrected chi connectivity index (χ3v) is 3.55. The Morgan fingerprint density at radius 3 is 2.15 bits per heavy atom. The van der Waals surface area contributed by atoms with E-state index in [1.807, 2.05) is 24.3 Å². The second kappa shape index (κ2) is 9.46. The Bertz CT molecular complexity index is 725. The minimum Gasteiger partial charge on any atom is -0.493 e. The van der Waals surface area contributed by atoms with Gasteiger partial charge in [-0.1, -0.05) is 13.8 Å². The lowest BCUT2D eigenvalue weighted by molar-refractivity contribution is -0.114. The van der Waals surface area contributed by atoms with Gasteiger partial charge in [-0.15, -0.1) is 0 Å². The molecule has 3 N–H and O–H groups in total. The van der Waals surface area contributed by atoms with Crippen molar-refractivity contribution in [2.45, 2.75) is 13.8 Å². The van der Waals surface area contributed by atoms with Gasteiger partial charge in [-0.25, -0.2) is 0 Å². The van der Waals surface area contributed by atoms with E-state index in [1.54, 1.807) is 31.3 Å². The maximum Gasteiger partial charge on any atom is 0.251 e. The van der Waals surface area contributed by atoms with Crippen molar-refractivity contribution in [1.82, 2.24) is 5.32 Å². The number of benzene rings is 2. The van der Waals surface area contributed by atoms with Crippen molar-refractivity contribution >= 4 is 23.2 Å². The van der Waals surface area contributed by atoms with Gasteiger partial charge in [0.1, 0.15) is 5.75 Å². The maximum absolute atomic E-state index is 12.0. The quantitative estimate of drug-likeness (QED) is 0.680. The molecule has 6 heteroatoms. The monoisotopic (exact) mass is 355 g/mol. The third-order valence-electron chi connectivity index (χ3n) is 3.55. The Kier molecular flexibility index (Phi) is 7.02. The lowest BCUT2D eigenvalue weighted by Crippen LogP contribution is -2.22. The fourth-order valence-electron chi connectivity index (χ4n) is 2.17. The smallest absolute Gasteiger partial charge is 0.251 e. The standard InChI is InChI=1S/C20H25N3O3/c1-14(2)13-26-18-10-8-17(9-11-18)23-19(24)12-22-16-6-4-15(5-7-16)20(25)21-3/h4-11,14,22H,12-13H2,1-3H3,(H,21,25)(H,23,24). The van der Waals surface area contributed by atoms with Crippen LogP contribution in [0, 0.1) is 5.92 Å². The van der Waals surface area contributed by atoms with Crippen molar-refractivity contribution in [2.24, 2.45) is 5.92 Å². The van der Waals surface area contributed by atoms with E-state index in [0.29, 0.717) is 23.8 Å². The minimum absolute atomic E-state index is 0.130. The number of carbonyl (C=O) groups is 2. The van der Waals surface area contributed by atoms with Crippen molar-refractivity contribution < 1.29 is 14.3 Å². The molecule has 0 aromatic heterocycles. The van der Waals surface area contributed by atoms with Crippen LogP contribution >= 0.6 is 0 Å². The van der Waals surface area contributed by atoms with Crippen LogP contribution in [-0.4, -0.2) is 32.0 Å². The predicted molar refractivity (Wildman–Crippen MR) is 104 cm³/mol. The Morgan fingerprint density at radius 2 is 1.58 bits per heavy atom. The number of carbonyl (C=O) groups excluding carboxylic acids is 2. The number of hydrogen-bond donors (Lipinski definition) is 3. The first-order valence-electron chi connectivity index (χ1n) is 8.56. The Morgan fingerprint density at radius 1 is 0.962 bits per heavy atom. The van der Waals surface area contributed by atoms with Gasteiger partial charge in [0.2, 0.25) is 5.91 Å². The molecule has 2 aromatic carbocycles. The summed E-state index contributed by atoms with van der Waals surface area (Å²) in [6.45, 7) is 4.97. The summed E-state index contributed by atoms with van der Waals surface area (Å²) in [4.78, 5) is 23.5. The van der Waals surface area contributed by atoms with Gasteiger partial charge in [0.15, 0.2) is 0 Å². The average molecular weight is 355 g/mol. The molecule has 0 aliphatic rings. The predicted octanol–water partition coefficient (Wildman–Crippen LogP) is 3.13. The van der Waals surface area contributed by atoms with E-state index in [-0.39, 0.29) is 18.4 Å². The molecule has 0 heterocycles. The molecule has 0 radical (unpaired) electrons. The molecule has 0 bridgehead atoms. The Hall–Kier alpha value is -3.02. The van der Waals surface area contributed by atoms with Crippen LogP contribution in [-0.2, 0) is 4.79 Å². The molecule has 0 spiro atoms. The molecule has 0 atom stereocenters. The van der Waals surface area contributed by atoms with Crippen molar-refractivity contribution in [1.29, 1.82) is 0 Å². The molecular formula is C20H25N3O3. The van der Waals surface area contributed by atoms with Crippen molar-refractivity contribution in [2.75, 3.05) is 30.8 Å². The molecular weight excluding hydrogens is 330 g/mol. The first-order valence-corrected chi connectivity index (χ1v) is 8.56. The van der Waals surface area contributed by atoms with Crippen molar-refractivity contribution in [3.05, 3.63) is 54.1 Å². The molecule has 2 amide bonds. The van der Waals surface area contributed by atoms with E-state index < -0.39 is 0 Å². The Balaban J connectivity index is 1.80. The van der Waals surface area contributed by atoms with Crippen LogP contribution in [0.5, 0.6) is 5.75 Å². The van der Waals surface area contributed by atoms with E-state index in [2.05, 4.69) is 29.8 Å². The third kappa shape index (κ3) is 6.12. The number of ether oxygens (including phenoxy) is 1. The first kappa shape index (κ1) is 19.3. The van der Waals surface area contributed by atoms with Crippen molar-refractivity contribution in [3.63, 3.8) is 0 Å². The molecule has 26 heavy (non-hydrogen) atoms. The van der Waals surface area contributed by atoms with E-state index in [4.69, 9.17) is 4.74 Å². The van der Waals surface area contributed by atoms with Gasteiger partial charge < -0.3 is 20.7 Å². The summed E-state index contributed by atoms with van der Waals surface area (Å²) in [7, 11) is 1.59. The van der Waals surface area contributed by atoms with Gasteiger partial charge in [0, 0.05) is 24.0 Å². The van der Waals surface area contributed by atoms with Crippen LogP contribution in [0.1, 0.15) is 24.2 Å². The molecule has 0 saturated carbocycles. The van der Waals surface area contributed by atoms with Crippen molar-refractivity contribution in [3.8, 4) is 5.75 Å². The second-order valence-corrected chi connectivity index (χ2v) is 6.29. The fraction of sp³-hybridized carbons (Fsp3) is 0.300. The minimum atomic E-state index is -0.156. The summed E-state index contributed by atoms with van der Waals surface area (Å²) in [5, 5.41) is 8.41. The van der Waals surface area contributed by atoms with E-state index in [9.17, 15) is 9.59 Å². The van der Waals surface area contributed by atoms with Crippen LogP contribution in [0.2, 0.25) is 0 Å². The fourth-order valence-corrected chi connectivity index (χ4v) is 2.17. The zero-order valence-electron chi connectivity index (χ0n) is 15.3. The van der Waals surface area contributed by atoms with Gasteiger partial charge in [0.25, 0.3) is 5.91 Å². The van der Waals surface area contributed by atoms with Gasteiger partial charge in [-0.05, 0) is 54.4 Å². The summed E-state index contributed by atoms with van der Waals surface area (Å²) in [5.74, 6) is 0.947. The SMILES string of the molecule is CNC(=O)c1ccc(NCC(=O)Nc2ccc(OCC(C)C)cc2)cc1. The molecule has 6 nitrogen and oxygen atoms in total. The molecule has 2 rings (SSSR count). The van der Waals surface area contributed by atoms with Crippen LogP contribution in [0.3, 0.4) is 0 Å². The number of nitrogens with one attached hydrogen (secondary N) is 3. The number of anilines is 2. The van der Waals surface area contributed by atoms with Gasteiger partial charge in [-0.2, -0.15) is 0 Å². The normalized spacial score (nSPS) is 10.3. The lowest BCUT2D eigenvalue weighted by atomic mass is 10.2. The summed E-state index contributed by atoms with van der Waals surface area (Å²) in [6, 6.07) is 14.2. The summed E-state index contributed by atoms with van der Waals surface area (Å²) < 4.78 is 5.61. The van der Waals surface area contributed by atoms with Crippen LogP contribution in [0.15, 0.2) is 48.5 Å². The molecule has 2 aromatic rings. The average Bonchev–Trinajstić information content (AvgIpc) is 2.65. The number of hydrogen-bond acceptors (Lipinski definition) is 4. The van der Waals surface area contributed by atoms with E-state index >= 15 is 0 Å². The molecule has 0 unspecified atom stereocenters. The molecule has 138 valence electrons. The van der Waals surface area contributed by atoms with Gasteiger partial charge >= 0.3 is 0 Å². The Labute approximate surface area is 153 Å². The van der Waals surface area contributed by atoms with E-state index in [0.717, 1.165) is 11.4 Å². The lowest BCUT2D eigenvalue weighted by Gasteiger charge is -2.11. The largest absolute Gasteiger partial charge is 0.493 e. The maximum atomic E-state index is 12.0.